The van der Waals surface area contributed by atoms with Crippen molar-refractivity contribution in [2.24, 2.45) is 0 Å². The van der Waals surface area contributed by atoms with Gasteiger partial charge in [0.15, 0.2) is 0 Å². The fraction of sp³-hybridized carbons (Fsp3) is 0.909. The van der Waals surface area contributed by atoms with Gasteiger partial charge >= 0.3 is 0 Å². The number of hydrogen-bond acceptors (Lipinski definition) is 7. The van der Waals surface area contributed by atoms with E-state index in [4.69, 9.17) is 14.2 Å². The lowest BCUT2D eigenvalue weighted by atomic mass is 10.1. The van der Waals surface area contributed by atoms with Crippen LogP contribution in [0, 0.1) is 0 Å². The van der Waals surface area contributed by atoms with E-state index in [1.165, 1.54) is 0 Å². The monoisotopic (exact) mass is 598 g/mol. The minimum Gasteiger partial charge on any atom is -0.377 e. The van der Waals surface area contributed by atoms with Gasteiger partial charge in [0.1, 0.15) is 22.4 Å². The van der Waals surface area contributed by atoms with Gasteiger partial charge in [-0.3, -0.25) is 9.59 Å². The molecule has 2 rings (SSSR count). The van der Waals surface area contributed by atoms with Crippen LogP contribution in [0.25, 0.3) is 0 Å². The summed E-state index contributed by atoms with van der Waals surface area (Å²) in [6.07, 6.45) is 0. The van der Waals surface area contributed by atoms with Crippen LogP contribution in [0.15, 0.2) is 0 Å². The molecule has 2 saturated heterocycles. The van der Waals surface area contributed by atoms with Crippen LogP contribution in [-0.4, -0.2) is 105 Å². The molecule has 0 radical (unpaired) electrons. The predicted molar refractivity (Wildman–Crippen MR) is 134 cm³/mol. The lowest BCUT2D eigenvalue weighted by Gasteiger charge is -2.35. The minimum absolute atomic E-state index is 0.0767. The molecule has 0 atom stereocenters. The Labute approximate surface area is 215 Å². The van der Waals surface area contributed by atoms with E-state index in [0.717, 1.165) is 0 Å². The topological polar surface area (TPSA) is 74.8 Å². The molecule has 2 aliphatic heterocycles. The summed E-state index contributed by atoms with van der Waals surface area (Å²) in [6.45, 7) is 19.4. The summed E-state index contributed by atoms with van der Waals surface area (Å²) in [6, 6.07) is 0. The molecule has 11 heteroatoms. The first-order valence-electron chi connectivity index (χ1n) is 11.4. The van der Waals surface area contributed by atoms with E-state index in [1.54, 1.807) is 0 Å². The van der Waals surface area contributed by atoms with Gasteiger partial charge in [-0.1, -0.05) is 0 Å². The average Bonchev–Trinajstić information content (AvgIpc) is 2.92. The molecule has 2 amide bonds. The molecule has 0 N–H and O–H groups in total. The van der Waals surface area contributed by atoms with Gasteiger partial charge < -0.3 is 24.0 Å². The van der Waals surface area contributed by atoms with Crippen LogP contribution < -0.4 is 0 Å². The quantitative estimate of drug-likeness (QED) is 0.252. The number of rotatable bonds is 12. The third-order valence-electron chi connectivity index (χ3n) is 6.46. The Balaban J connectivity index is 1.55. The standard InChI is InChI=1S/C22H40Br2N4O5/c1-19(2)17(29)25(21(5,6)27(19)23)9-11-31-13-15-33-16-14-32-12-10-26-18(30)20(3,4)28(24)22(26,7)8/h9-16H2,1-8H3. The lowest BCUT2D eigenvalue weighted by Crippen LogP contribution is -2.47. The van der Waals surface area contributed by atoms with Crippen LogP contribution in [0.1, 0.15) is 55.4 Å². The highest BCUT2D eigenvalue weighted by atomic mass is 79.9. The molecule has 0 aliphatic carbocycles. The summed E-state index contributed by atoms with van der Waals surface area (Å²) >= 11 is 7.08. The minimum atomic E-state index is -0.589. The number of halogens is 2. The van der Waals surface area contributed by atoms with E-state index >= 15 is 0 Å². The second-order valence-corrected chi connectivity index (χ2v) is 11.8. The molecule has 0 unspecified atom stereocenters. The fourth-order valence-corrected chi connectivity index (χ4v) is 5.20. The number of carbonyl (C=O) groups is 2. The molecule has 2 heterocycles. The van der Waals surface area contributed by atoms with E-state index in [9.17, 15) is 9.59 Å². The van der Waals surface area contributed by atoms with Gasteiger partial charge in [0.2, 0.25) is 11.8 Å². The molecule has 9 nitrogen and oxygen atoms in total. The summed E-state index contributed by atoms with van der Waals surface area (Å²) in [5, 5.41) is 0. The number of ether oxygens (including phenoxy) is 3. The van der Waals surface area contributed by atoms with Gasteiger partial charge in [0, 0.05) is 45.4 Å². The highest BCUT2D eigenvalue weighted by Crippen LogP contribution is 2.41. The van der Waals surface area contributed by atoms with Crippen LogP contribution in [-0.2, 0) is 23.8 Å². The van der Waals surface area contributed by atoms with Gasteiger partial charge in [0.25, 0.3) is 0 Å². The van der Waals surface area contributed by atoms with Gasteiger partial charge in [-0.2, -0.15) is 0 Å². The smallest absolute Gasteiger partial charge is 0.245 e. The van der Waals surface area contributed by atoms with Crippen molar-refractivity contribution in [2.75, 3.05) is 52.7 Å². The summed E-state index contributed by atoms with van der Waals surface area (Å²) in [5.41, 5.74) is -2.02. The molecule has 0 aromatic rings. The zero-order chi connectivity index (χ0) is 25.2. The van der Waals surface area contributed by atoms with Crippen molar-refractivity contribution in [2.45, 2.75) is 77.8 Å². The van der Waals surface area contributed by atoms with Crippen molar-refractivity contribution in [3.05, 3.63) is 0 Å². The second-order valence-electron chi connectivity index (χ2n) is 10.4. The van der Waals surface area contributed by atoms with Gasteiger partial charge in [-0.15, -0.1) is 0 Å². The van der Waals surface area contributed by atoms with Crippen LogP contribution >= 0.6 is 32.3 Å². The summed E-state index contributed by atoms with van der Waals surface area (Å²) in [4.78, 5) is 29.0. The molecule has 0 aromatic heterocycles. The zero-order valence-corrected chi connectivity index (χ0v) is 24.4. The number of amides is 2. The van der Waals surface area contributed by atoms with Crippen molar-refractivity contribution in [1.82, 2.24) is 17.7 Å². The molecule has 0 bridgehead atoms. The van der Waals surface area contributed by atoms with Crippen LogP contribution in [0.2, 0.25) is 0 Å². The summed E-state index contributed by atoms with van der Waals surface area (Å²) < 4.78 is 20.7. The zero-order valence-electron chi connectivity index (χ0n) is 21.2. The number of nitrogens with zero attached hydrogens (tertiary/aromatic N) is 4. The summed E-state index contributed by atoms with van der Waals surface area (Å²) in [7, 11) is 0. The van der Waals surface area contributed by atoms with Crippen molar-refractivity contribution in [3.63, 3.8) is 0 Å². The number of hydrogen-bond donors (Lipinski definition) is 0. The highest BCUT2D eigenvalue weighted by Gasteiger charge is 2.56. The molecule has 33 heavy (non-hydrogen) atoms. The third-order valence-corrected chi connectivity index (χ3v) is 9.97. The summed E-state index contributed by atoms with van der Waals surface area (Å²) in [5.74, 6) is 0.153. The molecule has 0 saturated carbocycles. The van der Waals surface area contributed by atoms with E-state index in [2.05, 4.69) is 32.3 Å². The van der Waals surface area contributed by atoms with E-state index in [0.29, 0.717) is 52.7 Å². The Kier molecular flexibility index (Phi) is 9.43. The van der Waals surface area contributed by atoms with Crippen molar-refractivity contribution < 1.29 is 23.8 Å². The van der Waals surface area contributed by atoms with Gasteiger partial charge in [-0.05, 0) is 55.4 Å². The number of carbonyl (C=O) groups excluding carboxylic acids is 2. The Bertz CT molecular complexity index is 659. The molecule has 0 spiro atoms. The van der Waals surface area contributed by atoms with Crippen molar-refractivity contribution in [3.8, 4) is 0 Å². The van der Waals surface area contributed by atoms with Crippen molar-refractivity contribution >= 4 is 44.1 Å². The highest BCUT2D eigenvalue weighted by molar-refractivity contribution is 9.07. The maximum Gasteiger partial charge on any atom is 0.245 e. The molecular weight excluding hydrogens is 560 g/mol. The first kappa shape index (κ1) is 28.9. The largest absolute Gasteiger partial charge is 0.377 e. The van der Waals surface area contributed by atoms with Crippen LogP contribution in [0.5, 0.6) is 0 Å². The SMILES string of the molecule is CC1(C)C(=O)N(CCOCCOCCOCCN2C(=O)C(C)(C)N(Br)C2(C)C)C(C)(C)N1Br. The third kappa shape index (κ3) is 5.76. The fourth-order valence-electron chi connectivity index (χ4n) is 4.51. The van der Waals surface area contributed by atoms with Crippen LogP contribution in [0.4, 0.5) is 0 Å². The first-order valence-corrected chi connectivity index (χ1v) is 12.8. The van der Waals surface area contributed by atoms with Crippen molar-refractivity contribution in [1.29, 1.82) is 0 Å². The lowest BCUT2D eigenvalue weighted by molar-refractivity contribution is -0.135. The van der Waals surface area contributed by atoms with E-state index < -0.39 is 22.4 Å². The Hall–Kier alpha value is -0.300. The van der Waals surface area contributed by atoms with E-state index in [-0.39, 0.29) is 11.8 Å². The Morgan fingerprint density at radius 3 is 1.09 bits per heavy atom. The van der Waals surface area contributed by atoms with Gasteiger partial charge in [0.05, 0.1) is 39.6 Å². The molecular formula is C22H40Br2N4O5. The normalized spacial score (nSPS) is 24.3. The first-order chi connectivity index (χ1) is 15.1. The molecule has 192 valence electrons. The average molecular weight is 600 g/mol. The second kappa shape index (κ2) is 10.8. The van der Waals surface area contributed by atoms with Gasteiger partial charge in [-0.25, -0.2) is 7.85 Å². The predicted octanol–water partition coefficient (Wildman–Crippen LogP) is 2.97. The Morgan fingerprint density at radius 1 is 0.576 bits per heavy atom. The van der Waals surface area contributed by atoms with Crippen LogP contribution in [0.3, 0.4) is 0 Å². The molecule has 2 fully saturated rings. The molecule has 0 aromatic carbocycles. The maximum atomic E-state index is 12.7. The maximum absolute atomic E-state index is 12.7. The van der Waals surface area contributed by atoms with E-state index in [1.807, 2.05) is 73.0 Å². The molecule has 2 aliphatic rings. The Morgan fingerprint density at radius 2 is 0.848 bits per heavy atom.